The van der Waals surface area contributed by atoms with Gasteiger partial charge in [-0.1, -0.05) is 48.5 Å². The molecule has 1 heterocycles. The van der Waals surface area contributed by atoms with Crippen LogP contribution in [0.5, 0.6) is 0 Å². The molecule has 170 valence electrons. The van der Waals surface area contributed by atoms with Crippen molar-refractivity contribution in [1.29, 1.82) is 0 Å². The average molecular weight is 553 g/mol. The van der Waals surface area contributed by atoms with E-state index >= 15 is 0 Å². The van der Waals surface area contributed by atoms with E-state index in [0.29, 0.717) is 13.2 Å². The van der Waals surface area contributed by atoms with Crippen molar-refractivity contribution in [3.8, 4) is 11.1 Å². The molecule has 0 saturated carbocycles. The predicted octanol–water partition coefficient (Wildman–Crippen LogP) is 5.05. The van der Waals surface area contributed by atoms with E-state index in [4.69, 9.17) is 4.74 Å². The van der Waals surface area contributed by atoms with Crippen LogP contribution in [0.25, 0.3) is 11.1 Å². The lowest BCUT2D eigenvalue weighted by Gasteiger charge is -2.31. The average Bonchev–Trinajstić information content (AvgIpc) is 3.17. The van der Waals surface area contributed by atoms with Crippen LogP contribution in [0.3, 0.4) is 0 Å². The van der Waals surface area contributed by atoms with Crippen molar-refractivity contribution in [2.45, 2.75) is 19.4 Å². The van der Waals surface area contributed by atoms with Crippen molar-refractivity contribution in [3.63, 3.8) is 0 Å². The van der Waals surface area contributed by atoms with Gasteiger partial charge in [0.15, 0.2) is 0 Å². The van der Waals surface area contributed by atoms with Gasteiger partial charge in [-0.3, -0.25) is 0 Å². The summed E-state index contributed by atoms with van der Waals surface area (Å²) < 4.78 is 6.88. The first-order valence-electron chi connectivity index (χ1n) is 11.5. The van der Waals surface area contributed by atoms with Crippen LogP contribution >= 0.6 is 22.6 Å². The summed E-state index contributed by atoms with van der Waals surface area (Å²) in [6.45, 7) is 6.93. The number of fused-ring (bicyclic) bond motifs is 3. The number of ether oxygens (including phenoxy) is 1. The highest BCUT2D eigenvalue weighted by atomic mass is 127. The Morgan fingerprint density at radius 2 is 1.70 bits per heavy atom. The van der Waals surface area contributed by atoms with E-state index in [2.05, 4.69) is 93.6 Å². The third-order valence-electron chi connectivity index (χ3n) is 6.68. The highest BCUT2D eigenvalue weighted by molar-refractivity contribution is 14.1. The predicted molar refractivity (Wildman–Crippen MR) is 141 cm³/mol. The van der Waals surface area contributed by atoms with Gasteiger partial charge in [0, 0.05) is 47.9 Å². The molecule has 1 fully saturated rings. The Hall–Kier alpha value is -2.58. The highest BCUT2D eigenvalue weighted by Gasteiger charge is 2.29. The monoisotopic (exact) mass is 553 g/mol. The molecule has 0 aromatic heterocycles. The Bertz CT molecular complexity index is 1130. The summed E-state index contributed by atoms with van der Waals surface area (Å²) in [4.78, 5) is 15.0. The van der Waals surface area contributed by atoms with Gasteiger partial charge in [-0.2, -0.15) is 0 Å². The number of piperazine rings is 1. The first-order valence-corrected chi connectivity index (χ1v) is 12.5. The van der Waals surface area contributed by atoms with Gasteiger partial charge in [-0.05, 0) is 75.0 Å². The molecule has 0 unspecified atom stereocenters. The van der Waals surface area contributed by atoms with Gasteiger partial charge in [0.05, 0.1) is 0 Å². The number of hydrogen-bond donors (Lipinski definition) is 2. The van der Waals surface area contributed by atoms with Crippen molar-refractivity contribution >= 4 is 34.4 Å². The largest absolute Gasteiger partial charge is 0.449 e. The maximum absolute atomic E-state index is 12.6. The molecule has 3 aromatic carbocycles. The Kier molecular flexibility index (Phi) is 6.55. The van der Waals surface area contributed by atoms with E-state index < -0.39 is 0 Å². The molecular formula is C27H28IN3O2. The SMILES string of the molecule is Cc1c(CNC(=O)OCC2c3ccccc3-c3ccccc32)cc(I)cc1N1CCNCC1. The smallest absolute Gasteiger partial charge is 0.407 e. The summed E-state index contributed by atoms with van der Waals surface area (Å²) >= 11 is 2.36. The van der Waals surface area contributed by atoms with Crippen LogP contribution < -0.4 is 15.5 Å². The summed E-state index contributed by atoms with van der Waals surface area (Å²) in [5.41, 5.74) is 8.52. The number of nitrogens with zero attached hydrogens (tertiary/aromatic N) is 1. The summed E-state index contributed by atoms with van der Waals surface area (Å²) in [6.07, 6.45) is -0.376. The number of nitrogens with one attached hydrogen (secondary N) is 2. The quantitative estimate of drug-likeness (QED) is 0.435. The number of amides is 1. The molecule has 2 aliphatic rings. The number of halogens is 1. The van der Waals surface area contributed by atoms with Crippen LogP contribution in [0.2, 0.25) is 0 Å². The molecule has 33 heavy (non-hydrogen) atoms. The lowest BCUT2D eigenvalue weighted by atomic mass is 9.98. The third kappa shape index (κ3) is 4.59. The van der Waals surface area contributed by atoms with Crippen LogP contribution in [-0.4, -0.2) is 38.9 Å². The van der Waals surface area contributed by atoms with E-state index in [1.54, 1.807) is 0 Å². The van der Waals surface area contributed by atoms with E-state index in [1.807, 2.05) is 12.1 Å². The van der Waals surface area contributed by atoms with Crippen LogP contribution in [0.1, 0.15) is 28.2 Å². The maximum Gasteiger partial charge on any atom is 0.407 e. The van der Waals surface area contributed by atoms with Crippen molar-refractivity contribution in [1.82, 2.24) is 10.6 Å². The Morgan fingerprint density at radius 3 is 2.36 bits per heavy atom. The Morgan fingerprint density at radius 1 is 1.06 bits per heavy atom. The standard InChI is InChI=1S/C27H28IN3O2/c1-18-19(14-20(28)15-26(18)31-12-10-29-11-13-31)16-30-27(32)33-17-25-23-8-4-2-6-21(23)22-7-3-5-9-24(22)25/h2-9,14-15,25,29H,10-13,16-17H2,1H3,(H,30,32). The molecule has 1 amide bonds. The third-order valence-corrected chi connectivity index (χ3v) is 7.30. The van der Waals surface area contributed by atoms with Crippen molar-refractivity contribution in [2.75, 3.05) is 37.7 Å². The number of alkyl carbamates (subject to hydrolysis) is 1. The second-order valence-corrected chi connectivity index (χ2v) is 9.87. The lowest BCUT2D eigenvalue weighted by molar-refractivity contribution is 0.142. The Balaban J connectivity index is 1.24. The number of carbonyl (C=O) groups is 1. The number of carbonyl (C=O) groups excluding carboxylic acids is 1. The molecular weight excluding hydrogens is 525 g/mol. The molecule has 3 aromatic rings. The minimum absolute atomic E-state index is 0.0712. The fraction of sp³-hybridized carbons (Fsp3) is 0.296. The molecule has 1 aliphatic carbocycles. The number of benzene rings is 3. The molecule has 0 spiro atoms. The van der Waals surface area contributed by atoms with Gasteiger partial charge >= 0.3 is 6.09 Å². The van der Waals surface area contributed by atoms with E-state index in [1.165, 1.54) is 37.1 Å². The zero-order valence-electron chi connectivity index (χ0n) is 18.7. The fourth-order valence-electron chi connectivity index (χ4n) is 4.95. The fourth-order valence-corrected chi connectivity index (χ4v) is 5.63. The van der Waals surface area contributed by atoms with Crippen molar-refractivity contribution < 1.29 is 9.53 Å². The maximum atomic E-state index is 12.6. The second-order valence-electron chi connectivity index (χ2n) is 8.63. The number of rotatable bonds is 5. The first-order chi connectivity index (χ1) is 16.1. The zero-order chi connectivity index (χ0) is 22.8. The molecule has 0 radical (unpaired) electrons. The minimum atomic E-state index is -0.376. The molecule has 5 nitrogen and oxygen atoms in total. The van der Waals surface area contributed by atoms with Gasteiger partial charge in [-0.15, -0.1) is 0 Å². The van der Waals surface area contributed by atoms with Gasteiger partial charge < -0.3 is 20.3 Å². The normalized spacial score (nSPS) is 15.2. The van der Waals surface area contributed by atoms with Gasteiger partial charge in [0.2, 0.25) is 0 Å². The summed E-state index contributed by atoms with van der Waals surface area (Å²) in [6, 6.07) is 21.1. The molecule has 6 heteroatoms. The van der Waals surface area contributed by atoms with Crippen molar-refractivity contribution in [2.24, 2.45) is 0 Å². The molecule has 1 saturated heterocycles. The minimum Gasteiger partial charge on any atom is -0.449 e. The van der Waals surface area contributed by atoms with E-state index in [-0.39, 0.29) is 12.0 Å². The van der Waals surface area contributed by atoms with Crippen LogP contribution in [-0.2, 0) is 11.3 Å². The molecule has 2 N–H and O–H groups in total. The molecule has 5 rings (SSSR count). The van der Waals surface area contributed by atoms with Crippen molar-refractivity contribution in [3.05, 3.63) is 86.5 Å². The second kappa shape index (κ2) is 9.73. The Labute approximate surface area is 208 Å². The zero-order valence-corrected chi connectivity index (χ0v) is 20.9. The van der Waals surface area contributed by atoms with Crippen LogP contribution in [0.4, 0.5) is 10.5 Å². The molecule has 1 aliphatic heterocycles. The van der Waals surface area contributed by atoms with Crippen LogP contribution in [0, 0.1) is 10.5 Å². The first kappa shape index (κ1) is 22.2. The molecule has 0 atom stereocenters. The van der Waals surface area contributed by atoms with E-state index in [0.717, 1.165) is 31.7 Å². The highest BCUT2D eigenvalue weighted by Crippen LogP contribution is 2.44. The topological polar surface area (TPSA) is 53.6 Å². The number of anilines is 1. The number of hydrogen-bond acceptors (Lipinski definition) is 4. The lowest BCUT2D eigenvalue weighted by Crippen LogP contribution is -2.44. The summed E-state index contributed by atoms with van der Waals surface area (Å²) in [5, 5.41) is 6.38. The van der Waals surface area contributed by atoms with Crippen LogP contribution in [0.15, 0.2) is 60.7 Å². The van der Waals surface area contributed by atoms with Gasteiger partial charge in [0.25, 0.3) is 0 Å². The summed E-state index contributed by atoms with van der Waals surface area (Å²) in [5.74, 6) is 0.0712. The van der Waals surface area contributed by atoms with Gasteiger partial charge in [0.1, 0.15) is 6.61 Å². The van der Waals surface area contributed by atoms with E-state index in [9.17, 15) is 4.79 Å². The molecule has 0 bridgehead atoms. The summed E-state index contributed by atoms with van der Waals surface area (Å²) in [7, 11) is 0. The van der Waals surface area contributed by atoms with Gasteiger partial charge in [-0.25, -0.2) is 4.79 Å².